The summed E-state index contributed by atoms with van der Waals surface area (Å²) in [7, 11) is 0. The molecule has 0 radical (unpaired) electrons. The van der Waals surface area contributed by atoms with Gasteiger partial charge in [-0.2, -0.15) is 0 Å². The van der Waals surface area contributed by atoms with E-state index >= 15 is 0 Å². The van der Waals surface area contributed by atoms with E-state index in [-0.39, 0.29) is 0 Å². The van der Waals surface area contributed by atoms with E-state index in [1.165, 1.54) is 11.1 Å². The molecule has 1 aliphatic rings. The van der Waals surface area contributed by atoms with E-state index in [9.17, 15) is 5.11 Å². The fourth-order valence-electron chi connectivity index (χ4n) is 3.70. The van der Waals surface area contributed by atoms with Crippen molar-refractivity contribution in [3.8, 4) is 0 Å². The van der Waals surface area contributed by atoms with Crippen molar-refractivity contribution in [1.82, 2.24) is 14.5 Å². The molecule has 0 amide bonds. The predicted octanol–water partition coefficient (Wildman–Crippen LogP) is 2.76. The van der Waals surface area contributed by atoms with Crippen LogP contribution in [0.1, 0.15) is 17.0 Å². The summed E-state index contributed by atoms with van der Waals surface area (Å²) in [5.74, 6) is 0.958. The van der Waals surface area contributed by atoms with Gasteiger partial charge in [-0.1, -0.05) is 36.4 Å². The fourth-order valence-corrected chi connectivity index (χ4v) is 3.70. The lowest BCUT2D eigenvalue weighted by molar-refractivity contribution is 0.0922. The molecule has 1 aromatic heterocycles. The number of fused-ring (bicyclic) bond motifs is 2. The van der Waals surface area contributed by atoms with Gasteiger partial charge in [-0.15, -0.1) is 0 Å². The number of para-hydroxylation sites is 2. The Labute approximate surface area is 142 Å². The van der Waals surface area contributed by atoms with Crippen LogP contribution in [-0.2, 0) is 19.5 Å². The number of aryl methyl sites for hydroxylation is 1. The summed E-state index contributed by atoms with van der Waals surface area (Å²) < 4.78 is 2.12. The number of benzene rings is 2. The molecule has 0 spiro atoms. The van der Waals surface area contributed by atoms with E-state index in [4.69, 9.17) is 0 Å². The highest BCUT2D eigenvalue weighted by Crippen LogP contribution is 2.20. The maximum absolute atomic E-state index is 10.6. The number of β-amino-alcohol motifs (C(OH)–C–C–N with tert-alkyl or cyclic N) is 1. The van der Waals surface area contributed by atoms with E-state index in [1.807, 2.05) is 25.1 Å². The van der Waals surface area contributed by atoms with Crippen LogP contribution in [0.5, 0.6) is 0 Å². The molecule has 0 saturated heterocycles. The number of nitrogens with zero attached hydrogens (tertiary/aromatic N) is 3. The summed E-state index contributed by atoms with van der Waals surface area (Å²) in [5.41, 5.74) is 4.92. The zero-order valence-electron chi connectivity index (χ0n) is 14.0. The molecule has 0 unspecified atom stereocenters. The quantitative estimate of drug-likeness (QED) is 0.803. The van der Waals surface area contributed by atoms with E-state index in [0.29, 0.717) is 13.1 Å². The first kappa shape index (κ1) is 15.4. The maximum Gasteiger partial charge on any atom is 0.106 e. The molecule has 3 aromatic rings. The van der Waals surface area contributed by atoms with Crippen LogP contribution in [0.25, 0.3) is 11.0 Å². The van der Waals surface area contributed by atoms with Gasteiger partial charge in [0.2, 0.25) is 0 Å². The largest absolute Gasteiger partial charge is 0.390 e. The normalized spacial score (nSPS) is 16.2. The molecule has 2 aromatic carbocycles. The zero-order chi connectivity index (χ0) is 16.5. The van der Waals surface area contributed by atoms with Crippen LogP contribution in [0.15, 0.2) is 48.5 Å². The first-order valence-corrected chi connectivity index (χ1v) is 8.60. The first-order chi connectivity index (χ1) is 11.7. The van der Waals surface area contributed by atoms with Gasteiger partial charge in [0.05, 0.1) is 23.7 Å². The van der Waals surface area contributed by atoms with Crippen molar-refractivity contribution in [2.75, 3.05) is 13.1 Å². The monoisotopic (exact) mass is 321 g/mol. The van der Waals surface area contributed by atoms with Crippen molar-refractivity contribution < 1.29 is 5.11 Å². The summed E-state index contributed by atoms with van der Waals surface area (Å²) in [5, 5.41) is 10.6. The van der Waals surface area contributed by atoms with E-state index in [0.717, 1.165) is 36.4 Å². The molecule has 4 rings (SSSR count). The second-order valence-corrected chi connectivity index (χ2v) is 6.67. The molecule has 0 fully saturated rings. The topological polar surface area (TPSA) is 41.3 Å². The van der Waals surface area contributed by atoms with Gasteiger partial charge in [-0.05, 0) is 36.6 Å². The molecule has 124 valence electrons. The summed E-state index contributed by atoms with van der Waals surface area (Å²) >= 11 is 0. The number of aromatic nitrogens is 2. The number of hydrogen-bond acceptors (Lipinski definition) is 3. The van der Waals surface area contributed by atoms with Gasteiger partial charge >= 0.3 is 0 Å². The van der Waals surface area contributed by atoms with Gasteiger partial charge in [-0.3, -0.25) is 4.90 Å². The lowest BCUT2D eigenvalue weighted by atomic mass is 10.00. The number of aliphatic hydroxyl groups excluding tert-OH is 1. The second kappa shape index (κ2) is 6.38. The molecule has 2 heterocycles. The van der Waals surface area contributed by atoms with Crippen molar-refractivity contribution >= 4 is 11.0 Å². The third-order valence-electron chi connectivity index (χ3n) is 4.92. The van der Waals surface area contributed by atoms with E-state index < -0.39 is 6.10 Å². The first-order valence-electron chi connectivity index (χ1n) is 8.60. The summed E-state index contributed by atoms with van der Waals surface area (Å²) in [6.45, 7) is 5.23. The fraction of sp³-hybridized carbons (Fsp3) is 0.350. The van der Waals surface area contributed by atoms with Gasteiger partial charge in [0.1, 0.15) is 5.82 Å². The van der Waals surface area contributed by atoms with Crippen LogP contribution < -0.4 is 0 Å². The van der Waals surface area contributed by atoms with Crippen molar-refractivity contribution in [3.63, 3.8) is 0 Å². The van der Waals surface area contributed by atoms with Gasteiger partial charge in [0.25, 0.3) is 0 Å². The Morgan fingerprint density at radius 2 is 1.79 bits per heavy atom. The maximum atomic E-state index is 10.6. The van der Waals surface area contributed by atoms with Crippen molar-refractivity contribution in [3.05, 3.63) is 65.5 Å². The Hall–Kier alpha value is -2.17. The third-order valence-corrected chi connectivity index (χ3v) is 4.92. The minimum Gasteiger partial charge on any atom is -0.390 e. The molecule has 4 nitrogen and oxygen atoms in total. The molecular formula is C20H23N3O. The Bertz CT molecular complexity index is 855. The predicted molar refractivity (Wildman–Crippen MR) is 95.9 cm³/mol. The highest BCUT2D eigenvalue weighted by molar-refractivity contribution is 5.75. The highest BCUT2D eigenvalue weighted by Gasteiger charge is 2.19. The van der Waals surface area contributed by atoms with E-state index in [1.54, 1.807) is 0 Å². The molecule has 1 aliphatic heterocycles. The minimum absolute atomic E-state index is 0.397. The average molecular weight is 321 g/mol. The summed E-state index contributed by atoms with van der Waals surface area (Å²) in [4.78, 5) is 6.93. The molecule has 1 N–H and O–H groups in total. The number of hydrogen-bond donors (Lipinski definition) is 1. The number of imidazole rings is 1. The van der Waals surface area contributed by atoms with Crippen LogP contribution in [0, 0.1) is 6.92 Å². The van der Waals surface area contributed by atoms with Gasteiger partial charge in [0.15, 0.2) is 0 Å². The molecule has 24 heavy (non-hydrogen) atoms. The van der Waals surface area contributed by atoms with Gasteiger partial charge in [0, 0.05) is 19.6 Å². The summed E-state index contributed by atoms with van der Waals surface area (Å²) in [6.07, 6.45) is 0.669. The average Bonchev–Trinajstić information content (AvgIpc) is 2.90. The highest BCUT2D eigenvalue weighted by atomic mass is 16.3. The number of aliphatic hydroxyl groups is 1. The van der Waals surface area contributed by atoms with Gasteiger partial charge < -0.3 is 9.67 Å². The molecule has 0 bridgehead atoms. The molecule has 4 heteroatoms. The van der Waals surface area contributed by atoms with Crippen LogP contribution in [0.3, 0.4) is 0 Å². The zero-order valence-corrected chi connectivity index (χ0v) is 14.0. The van der Waals surface area contributed by atoms with Crippen molar-refractivity contribution in [2.24, 2.45) is 0 Å². The van der Waals surface area contributed by atoms with Crippen molar-refractivity contribution in [2.45, 2.75) is 32.5 Å². The lowest BCUT2D eigenvalue weighted by Crippen LogP contribution is -2.38. The summed E-state index contributed by atoms with van der Waals surface area (Å²) in [6, 6.07) is 16.7. The molecule has 1 atom stereocenters. The number of rotatable bonds is 4. The van der Waals surface area contributed by atoms with Crippen molar-refractivity contribution in [1.29, 1.82) is 0 Å². The van der Waals surface area contributed by atoms with Crippen LogP contribution in [-0.4, -0.2) is 38.8 Å². The Balaban J connectivity index is 1.45. The van der Waals surface area contributed by atoms with Crippen LogP contribution >= 0.6 is 0 Å². The standard InChI is InChI=1S/C20H23N3O/c1-15-21-19-8-4-5-9-20(19)23(15)14-18(24)13-22-11-10-16-6-2-3-7-17(16)12-22/h2-9,18,24H,10-14H2,1H3/t18-/m0/s1. The molecule has 0 saturated carbocycles. The third kappa shape index (κ3) is 2.95. The van der Waals surface area contributed by atoms with E-state index in [2.05, 4.69) is 44.8 Å². The minimum atomic E-state index is -0.397. The second-order valence-electron chi connectivity index (χ2n) is 6.67. The Kier molecular flexibility index (Phi) is 4.08. The molecule has 0 aliphatic carbocycles. The lowest BCUT2D eigenvalue weighted by Gasteiger charge is -2.30. The Morgan fingerprint density at radius 1 is 1.04 bits per heavy atom. The SMILES string of the molecule is Cc1nc2ccccc2n1C[C@@H](O)CN1CCc2ccccc2C1. The Morgan fingerprint density at radius 3 is 2.67 bits per heavy atom. The molecular weight excluding hydrogens is 298 g/mol. The smallest absolute Gasteiger partial charge is 0.106 e. The van der Waals surface area contributed by atoms with Gasteiger partial charge in [-0.25, -0.2) is 4.98 Å². The van der Waals surface area contributed by atoms with Crippen LogP contribution in [0.2, 0.25) is 0 Å². The van der Waals surface area contributed by atoms with Crippen LogP contribution in [0.4, 0.5) is 0 Å².